The molecule has 2 nitrogen and oxygen atoms in total. The summed E-state index contributed by atoms with van der Waals surface area (Å²) in [5.41, 5.74) is 1.73. The molecule has 1 saturated carbocycles. The van der Waals surface area contributed by atoms with Gasteiger partial charge < -0.3 is 4.74 Å². The van der Waals surface area contributed by atoms with Gasteiger partial charge in [0.1, 0.15) is 0 Å². The van der Waals surface area contributed by atoms with Crippen LogP contribution in [0.5, 0.6) is 0 Å². The van der Waals surface area contributed by atoms with Crippen molar-refractivity contribution < 1.29 is 9.53 Å². The Kier molecular flexibility index (Phi) is 3.33. The summed E-state index contributed by atoms with van der Waals surface area (Å²) in [6.45, 7) is 5.34. The molecule has 1 spiro atoms. The summed E-state index contributed by atoms with van der Waals surface area (Å²) in [5.74, 6) is 0.925. The summed E-state index contributed by atoms with van der Waals surface area (Å²) < 4.78 is 6.11. The van der Waals surface area contributed by atoms with Crippen LogP contribution < -0.4 is 0 Å². The molecule has 1 saturated heterocycles. The Morgan fingerprint density at radius 3 is 2.63 bits per heavy atom. The number of ether oxygens (including phenoxy) is 1. The Bertz CT molecular complexity index is 399. The molecule has 3 aliphatic rings. The van der Waals surface area contributed by atoms with Crippen molar-refractivity contribution in [2.24, 2.45) is 11.3 Å². The number of hydrogen-bond donors (Lipinski definition) is 0. The summed E-state index contributed by atoms with van der Waals surface area (Å²) in [5, 5.41) is 0. The van der Waals surface area contributed by atoms with Crippen molar-refractivity contribution in [2.75, 3.05) is 6.61 Å². The molecule has 2 aliphatic carbocycles. The lowest BCUT2D eigenvalue weighted by Crippen LogP contribution is -2.39. The van der Waals surface area contributed by atoms with Crippen LogP contribution in [0.4, 0.5) is 0 Å². The van der Waals surface area contributed by atoms with Gasteiger partial charge in [-0.15, -0.1) is 0 Å². The first-order valence-electron chi connectivity index (χ1n) is 7.85. The van der Waals surface area contributed by atoms with Crippen molar-refractivity contribution in [1.29, 1.82) is 0 Å². The summed E-state index contributed by atoms with van der Waals surface area (Å²) in [7, 11) is 0. The van der Waals surface area contributed by atoms with E-state index >= 15 is 0 Å². The number of carbonyl (C=O) groups is 1. The molecule has 0 aromatic heterocycles. The Morgan fingerprint density at radius 1 is 1.21 bits per heavy atom. The van der Waals surface area contributed by atoms with Gasteiger partial charge in [0.05, 0.1) is 5.60 Å². The first-order valence-corrected chi connectivity index (χ1v) is 7.85. The molecule has 3 rings (SSSR count). The highest BCUT2D eigenvalue weighted by Crippen LogP contribution is 2.47. The smallest absolute Gasteiger partial charge is 0.156 e. The molecule has 1 atom stereocenters. The van der Waals surface area contributed by atoms with E-state index in [2.05, 4.69) is 13.8 Å². The molecule has 106 valence electrons. The Balaban J connectivity index is 1.76. The van der Waals surface area contributed by atoms with Gasteiger partial charge in [-0.05, 0) is 49.5 Å². The van der Waals surface area contributed by atoms with Gasteiger partial charge >= 0.3 is 0 Å². The lowest BCUT2D eigenvalue weighted by molar-refractivity contribution is -0.117. The molecule has 2 fully saturated rings. The van der Waals surface area contributed by atoms with E-state index < -0.39 is 0 Å². The highest BCUT2D eigenvalue weighted by atomic mass is 16.5. The molecule has 1 aliphatic heterocycles. The fraction of sp³-hybridized carbons (Fsp3) is 0.824. The van der Waals surface area contributed by atoms with Crippen molar-refractivity contribution >= 4 is 5.78 Å². The third-order valence-electron chi connectivity index (χ3n) is 5.21. The number of carbonyl (C=O) groups excluding carboxylic acids is 1. The summed E-state index contributed by atoms with van der Waals surface area (Å²) in [6, 6.07) is 0. The van der Waals surface area contributed by atoms with E-state index in [1.54, 1.807) is 0 Å². The van der Waals surface area contributed by atoms with Gasteiger partial charge in [0.2, 0.25) is 0 Å². The van der Waals surface area contributed by atoms with Crippen LogP contribution >= 0.6 is 0 Å². The third-order valence-corrected chi connectivity index (χ3v) is 5.21. The van der Waals surface area contributed by atoms with Crippen LogP contribution in [0.1, 0.15) is 65.2 Å². The zero-order valence-corrected chi connectivity index (χ0v) is 12.3. The van der Waals surface area contributed by atoms with E-state index in [4.69, 9.17) is 4.74 Å². The number of hydrogen-bond acceptors (Lipinski definition) is 2. The predicted molar refractivity (Wildman–Crippen MR) is 76.0 cm³/mol. The fourth-order valence-corrected chi connectivity index (χ4v) is 4.37. The van der Waals surface area contributed by atoms with Gasteiger partial charge in [0, 0.05) is 13.0 Å². The van der Waals surface area contributed by atoms with E-state index in [0.717, 1.165) is 25.9 Å². The molecular formula is C17H26O2. The second-order valence-corrected chi connectivity index (χ2v) is 7.63. The quantitative estimate of drug-likeness (QED) is 0.713. The van der Waals surface area contributed by atoms with Crippen LogP contribution in [0.2, 0.25) is 0 Å². The molecule has 1 heterocycles. The van der Waals surface area contributed by atoms with Crippen LogP contribution in [0, 0.1) is 11.3 Å². The Hall–Kier alpha value is -0.630. The molecular weight excluding hydrogens is 236 g/mol. The van der Waals surface area contributed by atoms with Crippen LogP contribution in [0.25, 0.3) is 0 Å². The van der Waals surface area contributed by atoms with Crippen LogP contribution in [-0.4, -0.2) is 18.0 Å². The second kappa shape index (κ2) is 4.73. The van der Waals surface area contributed by atoms with Gasteiger partial charge in [-0.3, -0.25) is 4.79 Å². The summed E-state index contributed by atoms with van der Waals surface area (Å²) in [6.07, 6.45) is 11.1. The van der Waals surface area contributed by atoms with Crippen molar-refractivity contribution in [1.82, 2.24) is 0 Å². The molecule has 0 amide bonds. The zero-order valence-electron chi connectivity index (χ0n) is 12.3. The van der Waals surface area contributed by atoms with Gasteiger partial charge in [-0.2, -0.15) is 0 Å². The van der Waals surface area contributed by atoms with E-state index in [1.807, 2.05) is 6.08 Å². The highest BCUT2D eigenvalue weighted by molar-refractivity contribution is 5.91. The zero-order chi connectivity index (χ0) is 13.5. The van der Waals surface area contributed by atoms with E-state index in [1.165, 1.54) is 31.3 Å². The minimum absolute atomic E-state index is 0.155. The Labute approximate surface area is 116 Å². The molecule has 0 bridgehead atoms. The lowest BCUT2D eigenvalue weighted by Gasteiger charge is -2.41. The number of rotatable bonds is 1. The van der Waals surface area contributed by atoms with Gasteiger partial charge in [-0.25, -0.2) is 0 Å². The van der Waals surface area contributed by atoms with Crippen LogP contribution in [0.3, 0.4) is 0 Å². The van der Waals surface area contributed by atoms with Crippen molar-refractivity contribution in [3.63, 3.8) is 0 Å². The van der Waals surface area contributed by atoms with Crippen LogP contribution in [-0.2, 0) is 9.53 Å². The van der Waals surface area contributed by atoms with Crippen LogP contribution in [0.15, 0.2) is 11.6 Å². The Morgan fingerprint density at radius 2 is 1.95 bits per heavy atom. The first-order chi connectivity index (χ1) is 8.98. The number of ketones is 1. The largest absolute Gasteiger partial charge is 0.375 e. The topological polar surface area (TPSA) is 26.3 Å². The van der Waals surface area contributed by atoms with E-state index in [-0.39, 0.29) is 11.0 Å². The molecule has 1 unspecified atom stereocenters. The van der Waals surface area contributed by atoms with Crippen molar-refractivity contribution in [3.8, 4) is 0 Å². The van der Waals surface area contributed by atoms with E-state index in [9.17, 15) is 4.79 Å². The monoisotopic (exact) mass is 262 g/mol. The SMILES string of the molecule is CC1(C)CC(=O)C=C(C2CCOC3(CCCC3)C2)C1. The minimum Gasteiger partial charge on any atom is -0.375 e. The molecule has 2 heteroatoms. The second-order valence-electron chi connectivity index (χ2n) is 7.63. The molecule has 0 radical (unpaired) electrons. The molecule has 0 aromatic carbocycles. The lowest BCUT2D eigenvalue weighted by atomic mass is 9.70. The average Bonchev–Trinajstić information content (AvgIpc) is 2.75. The van der Waals surface area contributed by atoms with E-state index in [0.29, 0.717) is 18.1 Å². The predicted octanol–water partition coefficient (Wildman–Crippen LogP) is 4.04. The van der Waals surface area contributed by atoms with Gasteiger partial charge in [0.15, 0.2) is 5.78 Å². The maximum Gasteiger partial charge on any atom is 0.156 e. The summed E-state index contributed by atoms with van der Waals surface area (Å²) >= 11 is 0. The average molecular weight is 262 g/mol. The summed E-state index contributed by atoms with van der Waals surface area (Å²) in [4.78, 5) is 11.9. The first kappa shape index (κ1) is 13.4. The standard InChI is InChI=1S/C17H26O2/c1-16(2)10-14(9-15(18)12-16)13-5-8-19-17(11-13)6-3-4-7-17/h9,13H,3-8,10-12H2,1-2H3. The van der Waals surface area contributed by atoms with Gasteiger partial charge in [0.25, 0.3) is 0 Å². The van der Waals surface area contributed by atoms with Gasteiger partial charge in [-0.1, -0.05) is 32.3 Å². The maximum atomic E-state index is 11.9. The fourth-order valence-electron chi connectivity index (χ4n) is 4.37. The highest BCUT2D eigenvalue weighted by Gasteiger charge is 2.42. The van der Waals surface area contributed by atoms with Crippen molar-refractivity contribution in [2.45, 2.75) is 70.8 Å². The third kappa shape index (κ3) is 2.79. The number of allylic oxidation sites excluding steroid dienone is 2. The minimum atomic E-state index is 0.155. The maximum absolute atomic E-state index is 11.9. The molecule has 0 aromatic rings. The molecule has 19 heavy (non-hydrogen) atoms. The van der Waals surface area contributed by atoms with Crippen molar-refractivity contribution in [3.05, 3.63) is 11.6 Å². The molecule has 0 N–H and O–H groups in total. The normalized spacial score (nSPS) is 33.5.